The van der Waals surface area contributed by atoms with Gasteiger partial charge in [0.05, 0.1) is 0 Å². The maximum absolute atomic E-state index is 12.4. The lowest BCUT2D eigenvalue weighted by Gasteiger charge is -2.18. The summed E-state index contributed by atoms with van der Waals surface area (Å²) in [6, 6.07) is 0. The number of carbonyl (C=O) groups excluding carboxylic acids is 3. The molecule has 6 heteroatoms. The molecule has 0 aromatic rings. The van der Waals surface area contributed by atoms with Crippen LogP contribution in [0.3, 0.4) is 0 Å². The van der Waals surface area contributed by atoms with E-state index in [1.165, 1.54) is 77.0 Å². The molecule has 1 unspecified atom stereocenters. The van der Waals surface area contributed by atoms with Crippen LogP contribution in [0.15, 0.2) is 0 Å². The van der Waals surface area contributed by atoms with Crippen molar-refractivity contribution in [3.05, 3.63) is 0 Å². The van der Waals surface area contributed by atoms with Crippen LogP contribution in [0.25, 0.3) is 0 Å². The fraction of sp³-hybridized carbons (Fsp3) is 0.917. The summed E-state index contributed by atoms with van der Waals surface area (Å²) in [7, 11) is 0. The molecule has 0 saturated heterocycles. The zero-order valence-corrected chi connectivity index (χ0v) is 28.2. The molecule has 0 heterocycles. The van der Waals surface area contributed by atoms with E-state index in [2.05, 4.69) is 27.7 Å². The van der Waals surface area contributed by atoms with Crippen LogP contribution in [0, 0.1) is 5.92 Å². The molecular weight excluding hydrogens is 528 g/mol. The monoisotopic (exact) mass is 597 g/mol. The van der Waals surface area contributed by atoms with E-state index in [0.29, 0.717) is 19.3 Å². The van der Waals surface area contributed by atoms with Crippen LogP contribution in [-0.2, 0) is 28.6 Å². The van der Waals surface area contributed by atoms with Crippen molar-refractivity contribution in [1.82, 2.24) is 0 Å². The molecular formula is C36H68O6. The maximum atomic E-state index is 12.4. The molecule has 0 aromatic carbocycles. The summed E-state index contributed by atoms with van der Waals surface area (Å²) in [6.45, 7) is 8.83. The van der Waals surface area contributed by atoms with Gasteiger partial charge in [-0.25, -0.2) is 0 Å². The number of esters is 3. The highest BCUT2D eigenvalue weighted by atomic mass is 16.6. The van der Waals surface area contributed by atoms with Crippen LogP contribution >= 0.6 is 0 Å². The minimum absolute atomic E-state index is 0.0674. The van der Waals surface area contributed by atoms with Crippen molar-refractivity contribution >= 4 is 17.9 Å². The van der Waals surface area contributed by atoms with Gasteiger partial charge in [-0.1, -0.05) is 150 Å². The van der Waals surface area contributed by atoms with Gasteiger partial charge in [0.1, 0.15) is 13.2 Å². The first-order valence-electron chi connectivity index (χ1n) is 17.9. The minimum Gasteiger partial charge on any atom is -0.462 e. The van der Waals surface area contributed by atoms with Gasteiger partial charge in [-0.2, -0.15) is 0 Å². The van der Waals surface area contributed by atoms with Crippen molar-refractivity contribution in [3.63, 3.8) is 0 Å². The molecule has 0 aliphatic carbocycles. The van der Waals surface area contributed by atoms with Gasteiger partial charge in [0, 0.05) is 19.3 Å². The Morgan fingerprint density at radius 2 is 0.833 bits per heavy atom. The van der Waals surface area contributed by atoms with Gasteiger partial charge in [0.2, 0.25) is 0 Å². The summed E-state index contributed by atoms with van der Waals surface area (Å²) in [5, 5.41) is 0. The van der Waals surface area contributed by atoms with Gasteiger partial charge in [-0.05, 0) is 25.2 Å². The molecule has 42 heavy (non-hydrogen) atoms. The van der Waals surface area contributed by atoms with Gasteiger partial charge in [-0.3, -0.25) is 14.4 Å². The van der Waals surface area contributed by atoms with Crippen LogP contribution < -0.4 is 0 Å². The number of rotatable bonds is 31. The van der Waals surface area contributed by atoms with Crippen LogP contribution in [0.5, 0.6) is 0 Å². The molecule has 0 aliphatic rings. The molecule has 0 N–H and O–H groups in total. The van der Waals surface area contributed by atoms with Crippen molar-refractivity contribution in [1.29, 1.82) is 0 Å². The zero-order chi connectivity index (χ0) is 31.1. The summed E-state index contributed by atoms with van der Waals surface area (Å²) < 4.78 is 16.4. The van der Waals surface area contributed by atoms with Crippen LogP contribution in [0.4, 0.5) is 0 Å². The molecule has 6 nitrogen and oxygen atoms in total. The van der Waals surface area contributed by atoms with E-state index in [1.807, 2.05) is 0 Å². The molecule has 0 spiro atoms. The average molecular weight is 597 g/mol. The predicted molar refractivity (Wildman–Crippen MR) is 173 cm³/mol. The molecule has 0 amide bonds. The zero-order valence-electron chi connectivity index (χ0n) is 28.2. The van der Waals surface area contributed by atoms with Gasteiger partial charge in [0.25, 0.3) is 0 Å². The van der Waals surface area contributed by atoms with Crippen LogP contribution in [0.2, 0.25) is 0 Å². The van der Waals surface area contributed by atoms with Crippen molar-refractivity contribution < 1.29 is 28.6 Å². The fourth-order valence-corrected chi connectivity index (χ4v) is 5.00. The number of carbonyl (C=O) groups is 3. The first-order valence-corrected chi connectivity index (χ1v) is 17.9. The second kappa shape index (κ2) is 30.9. The number of hydrogen-bond donors (Lipinski definition) is 0. The third-order valence-corrected chi connectivity index (χ3v) is 8.15. The Kier molecular flexibility index (Phi) is 29.7. The maximum Gasteiger partial charge on any atom is 0.306 e. The van der Waals surface area contributed by atoms with E-state index in [9.17, 15) is 14.4 Å². The molecule has 2 atom stereocenters. The molecule has 0 bridgehead atoms. The summed E-state index contributed by atoms with van der Waals surface area (Å²) in [6.07, 6.45) is 25.5. The lowest BCUT2D eigenvalue weighted by molar-refractivity contribution is -0.167. The smallest absolute Gasteiger partial charge is 0.306 e. The van der Waals surface area contributed by atoms with Crippen LogP contribution in [-0.4, -0.2) is 37.2 Å². The molecule has 0 aliphatic heterocycles. The molecule has 248 valence electrons. The third-order valence-electron chi connectivity index (χ3n) is 8.15. The third kappa shape index (κ3) is 28.5. The highest BCUT2D eigenvalue weighted by Crippen LogP contribution is 2.15. The van der Waals surface area contributed by atoms with E-state index < -0.39 is 6.10 Å². The highest BCUT2D eigenvalue weighted by Gasteiger charge is 2.19. The molecule has 0 radical (unpaired) electrons. The van der Waals surface area contributed by atoms with E-state index in [-0.39, 0.29) is 31.1 Å². The predicted octanol–water partition coefficient (Wildman–Crippen LogP) is 10.4. The van der Waals surface area contributed by atoms with E-state index in [0.717, 1.165) is 70.1 Å². The fourth-order valence-electron chi connectivity index (χ4n) is 5.00. The van der Waals surface area contributed by atoms with Crippen molar-refractivity contribution in [2.75, 3.05) is 13.2 Å². The van der Waals surface area contributed by atoms with Crippen molar-refractivity contribution in [2.24, 2.45) is 5.92 Å². The first kappa shape index (κ1) is 40.4. The Hall–Kier alpha value is -1.59. The average Bonchev–Trinajstić information content (AvgIpc) is 2.98. The topological polar surface area (TPSA) is 78.9 Å². The number of hydrogen-bond acceptors (Lipinski definition) is 6. The Morgan fingerprint density at radius 1 is 0.476 bits per heavy atom. The van der Waals surface area contributed by atoms with Crippen molar-refractivity contribution in [3.8, 4) is 0 Å². The summed E-state index contributed by atoms with van der Waals surface area (Å²) >= 11 is 0. The quantitative estimate of drug-likeness (QED) is 0.0450. The molecule has 0 aromatic heterocycles. The molecule has 0 saturated carbocycles. The minimum atomic E-state index is -0.754. The van der Waals surface area contributed by atoms with E-state index in [1.54, 1.807) is 0 Å². The highest BCUT2D eigenvalue weighted by molar-refractivity contribution is 5.71. The van der Waals surface area contributed by atoms with E-state index >= 15 is 0 Å². The summed E-state index contributed by atoms with van der Waals surface area (Å²) in [5.41, 5.74) is 0. The largest absolute Gasteiger partial charge is 0.462 e. The molecule has 0 rings (SSSR count). The Labute approximate surface area is 259 Å². The molecule has 0 fully saturated rings. The normalized spacial score (nSPS) is 12.6. The lowest BCUT2D eigenvalue weighted by atomic mass is 9.99. The second-order valence-corrected chi connectivity index (χ2v) is 12.4. The summed E-state index contributed by atoms with van der Waals surface area (Å²) in [5.74, 6) is -0.0425. The second-order valence-electron chi connectivity index (χ2n) is 12.4. The number of ether oxygens (including phenoxy) is 3. The van der Waals surface area contributed by atoms with Gasteiger partial charge >= 0.3 is 17.9 Å². The first-order chi connectivity index (χ1) is 20.4. The Bertz CT molecular complexity index is 634. The van der Waals surface area contributed by atoms with Gasteiger partial charge in [0.15, 0.2) is 6.10 Å². The van der Waals surface area contributed by atoms with Crippen molar-refractivity contribution in [2.45, 2.75) is 194 Å². The van der Waals surface area contributed by atoms with Crippen LogP contribution in [0.1, 0.15) is 188 Å². The van der Waals surface area contributed by atoms with Gasteiger partial charge in [-0.15, -0.1) is 0 Å². The SMILES string of the molecule is CCCCCCCCCC(=O)O[C@H](COC(=O)CCCCCCC)COC(=O)CCCCCCCCCCC(C)CC. The van der Waals surface area contributed by atoms with E-state index in [4.69, 9.17) is 14.2 Å². The Balaban J connectivity index is 4.27. The standard InChI is InChI=1S/C36H68O6/c1-5-8-10-12-15-21-25-29-36(39)42-33(30-40-34(37)27-23-18-11-9-6-2)31-41-35(38)28-24-20-17-14-13-16-19-22-26-32(4)7-3/h32-33H,5-31H2,1-4H3/t32?,33-/m1/s1. The number of unbranched alkanes of at least 4 members (excludes halogenated alkanes) is 17. The summed E-state index contributed by atoms with van der Waals surface area (Å²) in [4.78, 5) is 37.0. The Morgan fingerprint density at radius 3 is 1.24 bits per heavy atom. The lowest BCUT2D eigenvalue weighted by Crippen LogP contribution is -2.30. The van der Waals surface area contributed by atoms with Gasteiger partial charge < -0.3 is 14.2 Å².